The smallest absolute Gasteiger partial charge is 0.322 e. The Labute approximate surface area is 96.5 Å². The molecule has 3 nitrogen and oxygen atoms in total. The first-order chi connectivity index (χ1) is 7.08. The summed E-state index contributed by atoms with van der Waals surface area (Å²) < 4.78 is 0. The van der Waals surface area contributed by atoms with Gasteiger partial charge < -0.3 is 10.1 Å². The molecule has 1 heterocycles. The Bertz CT molecular complexity index is 523. The largest absolute Gasteiger partial charge is 0.480 e. The van der Waals surface area contributed by atoms with Crippen LogP contribution < -0.4 is 0 Å². The van der Waals surface area contributed by atoms with Crippen LogP contribution in [0.25, 0.3) is 10.9 Å². The molecular formula is C10H8ClNO2S. The minimum atomic E-state index is -0.976. The normalized spacial score (nSPS) is 12.9. The first-order valence-electron chi connectivity index (χ1n) is 4.27. The van der Waals surface area contributed by atoms with Crippen molar-refractivity contribution in [3.63, 3.8) is 0 Å². The number of halogens is 1. The van der Waals surface area contributed by atoms with Crippen molar-refractivity contribution >= 4 is 41.1 Å². The molecule has 0 aliphatic heterocycles. The number of rotatable bonds is 2. The Hall–Kier alpha value is -1.13. The number of H-pyrrole nitrogens is 1. The first kappa shape index (κ1) is 10.4. The standard InChI is InChI=1S/C10H8ClNO2S/c11-6-1-2-7-5(3-6)4-8(12-7)9(15)10(13)14/h1-4,9,12,15H,(H,13,14). The lowest BCUT2D eigenvalue weighted by molar-refractivity contribution is -0.136. The van der Waals surface area contributed by atoms with Gasteiger partial charge in [0.15, 0.2) is 0 Å². The molecule has 1 atom stereocenters. The van der Waals surface area contributed by atoms with Crippen LogP contribution in [0.2, 0.25) is 5.02 Å². The van der Waals surface area contributed by atoms with Gasteiger partial charge in [-0.15, -0.1) is 0 Å². The fourth-order valence-electron chi connectivity index (χ4n) is 1.41. The van der Waals surface area contributed by atoms with Crippen molar-refractivity contribution in [2.24, 2.45) is 0 Å². The number of nitrogens with one attached hydrogen (secondary N) is 1. The zero-order chi connectivity index (χ0) is 11.0. The summed E-state index contributed by atoms with van der Waals surface area (Å²) in [6, 6.07) is 7.08. The third-order valence-corrected chi connectivity index (χ3v) is 2.87. The fraction of sp³-hybridized carbons (Fsp3) is 0.100. The van der Waals surface area contributed by atoms with E-state index in [1.807, 2.05) is 6.07 Å². The van der Waals surface area contributed by atoms with Crippen LogP contribution >= 0.6 is 24.2 Å². The predicted molar refractivity (Wildman–Crippen MR) is 62.7 cm³/mol. The lowest BCUT2D eigenvalue weighted by Gasteiger charge is -2.00. The molecular weight excluding hydrogens is 234 g/mol. The van der Waals surface area contributed by atoms with Gasteiger partial charge in [0.1, 0.15) is 5.25 Å². The molecule has 1 aromatic heterocycles. The van der Waals surface area contributed by atoms with Crippen LogP contribution in [0, 0.1) is 0 Å². The SMILES string of the molecule is O=C(O)C(S)c1cc2cc(Cl)ccc2[nH]1. The number of hydrogen-bond donors (Lipinski definition) is 3. The predicted octanol–water partition coefficient (Wildman–Crippen LogP) is 2.88. The molecule has 2 rings (SSSR count). The van der Waals surface area contributed by atoms with Gasteiger partial charge in [-0.25, -0.2) is 0 Å². The van der Waals surface area contributed by atoms with Gasteiger partial charge in [0, 0.05) is 21.6 Å². The van der Waals surface area contributed by atoms with Gasteiger partial charge in [-0.05, 0) is 24.3 Å². The van der Waals surface area contributed by atoms with Crippen molar-refractivity contribution in [1.82, 2.24) is 4.98 Å². The number of aliphatic carboxylic acids is 1. The summed E-state index contributed by atoms with van der Waals surface area (Å²) in [6.07, 6.45) is 0. The minimum absolute atomic E-state index is 0.558. The number of thiol groups is 1. The molecule has 2 aromatic rings. The van der Waals surface area contributed by atoms with E-state index in [1.54, 1.807) is 18.2 Å². The van der Waals surface area contributed by atoms with E-state index in [0.29, 0.717) is 10.7 Å². The van der Waals surface area contributed by atoms with Gasteiger partial charge in [-0.1, -0.05) is 11.6 Å². The van der Waals surface area contributed by atoms with E-state index in [-0.39, 0.29) is 0 Å². The third-order valence-electron chi connectivity index (χ3n) is 2.13. The zero-order valence-electron chi connectivity index (χ0n) is 7.57. The summed E-state index contributed by atoms with van der Waals surface area (Å²) in [7, 11) is 0. The van der Waals surface area contributed by atoms with Crippen LogP contribution in [0.15, 0.2) is 24.3 Å². The summed E-state index contributed by atoms with van der Waals surface area (Å²) in [5.41, 5.74) is 1.41. The second-order valence-corrected chi connectivity index (χ2v) is 4.15. The van der Waals surface area contributed by atoms with Gasteiger partial charge in [-0.2, -0.15) is 12.6 Å². The first-order valence-corrected chi connectivity index (χ1v) is 5.16. The molecule has 0 fully saturated rings. The van der Waals surface area contributed by atoms with Crippen molar-refractivity contribution in [2.45, 2.75) is 5.25 Å². The topological polar surface area (TPSA) is 53.1 Å². The Balaban J connectivity index is 2.51. The monoisotopic (exact) mass is 241 g/mol. The van der Waals surface area contributed by atoms with Gasteiger partial charge in [-0.3, -0.25) is 4.79 Å². The molecule has 1 aromatic carbocycles. The highest BCUT2D eigenvalue weighted by Gasteiger charge is 2.16. The van der Waals surface area contributed by atoms with E-state index in [0.717, 1.165) is 10.9 Å². The maximum atomic E-state index is 10.7. The Morgan fingerprint density at radius 1 is 1.47 bits per heavy atom. The van der Waals surface area contributed by atoms with Crippen LogP contribution in [0.3, 0.4) is 0 Å². The van der Waals surface area contributed by atoms with E-state index in [1.165, 1.54) is 0 Å². The number of fused-ring (bicyclic) bond motifs is 1. The number of aromatic nitrogens is 1. The van der Waals surface area contributed by atoms with Gasteiger partial charge in [0.25, 0.3) is 0 Å². The summed E-state index contributed by atoms with van der Waals surface area (Å²) >= 11 is 9.81. The molecule has 0 aliphatic rings. The van der Waals surface area contributed by atoms with Crippen molar-refractivity contribution in [3.8, 4) is 0 Å². The molecule has 2 N–H and O–H groups in total. The Morgan fingerprint density at radius 2 is 2.20 bits per heavy atom. The Morgan fingerprint density at radius 3 is 2.87 bits per heavy atom. The summed E-state index contributed by atoms with van der Waals surface area (Å²) in [6.45, 7) is 0. The molecule has 0 aliphatic carbocycles. The number of hydrogen-bond acceptors (Lipinski definition) is 2. The summed E-state index contributed by atoms with van der Waals surface area (Å²) in [5.74, 6) is -0.976. The number of benzene rings is 1. The molecule has 0 radical (unpaired) electrons. The van der Waals surface area contributed by atoms with E-state index in [9.17, 15) is 4.79 Å². The second kappa shape index (κ2) is 3.79. The van der Waals surface area contributed by atoms with Crippen molar-refractivity contribution in [3.05, 3.63) is 35.0 Å². The van der Waals surface area contributed by atoms with Crippen LogP contribution in [-0.4, -0.2) is 16.1 Å². The van der Waals surface area contributed by atoms with E-state index >= 15 is 0 Å². The maximum absolute atomic E-state index is 10.7. The quantitative estimate of drug-likeness (QED) is 0.708. The molecule has 5 heteroatoms. The molecule has 0 spiro atoms. The van der Waals surface area contributed by atoms with E-state index in [4.69, 9.17) is 16.7 Å². The molecule has 15 heavy (non-hydrogen) atoms. The number of aromatic amines is 1. The second-order valence-electron chi connectivity index (χ2n) is 3.20. The lowest BCUT2D eigenvalue weighted by atomic mass is 10.2. The molecule has 78 valence electrons. The highest BCUT2D eigenvalue weighted by Crippen LogP contribution is 2.26. The van der Waals surface area contributed by atoms with Crippen LogP contribution in [0.4, 0.5) is 0 Å². The molecule has 0 saturated carbocycles. The maximum Gasteiger partial charge on any atom is 0.322 e. The summed E-state index contributed by atoms with van der Waals surface area (Å²) in [5, 5.41) is 9.47. The molecule has 0 amide bonds. The third kappa shape index (κ3) is 1.96. The van der Waals surface area contributed by atoms with E-state index < -0.39 is 11.2 Å². The van der Waals surface area contributed by atoms with Crippen LogP contribution in [0.1, 0.15) is 10.9 Å². The van der Waals surface area contributed by atoms with Crippen LogP contribution in [0.5, 0.6) is 0 Å². The Kier molecular flexibility index (Phi) is 2.63. The molecule has 1 unspecified atom stereocenters. The van der Waals surface area contributed by atoms with Gasteiger partial charge in [0.2, 0.25) is 0 Å². The molecule has 0 saturated heterocycles. The molecule has 0 bridgehead atoms. The van der Waals surface area contributed by atoms with E-state index in [2.05, 4.69) is 17.6 Å². The van der Waals surface area contributed by atoms with Gasteiger partial charge >= 0.3 is 5.97 Å². The van der Waals surface area contributed by atoms with Crippen molar-refractivity contribution < 1.29 is 9.90 Å². The average Bonchev–Trinajstić information content (AvgIpc) is 2.58. The highest BCUT2D eigenvalue weighted by atomic mass is 35.5. The zero-order valence-corrected chi connectivity index (χ0v) is 9.22. The van der Waals surface area contributed by atoms with Crippen molar-refractivity contribution in [2.75, 3.05) is 0 Å². The number of carboxylic acids is 1. The fourth-order valence-corrected chi connectivity index (χ4v) is 1.73. The lowest BCUT2D eigenvalue weighted by Crippen LogP contribution is -2.04. The average molecular weight is 242 g/mol. The number of carbonyl (C=O) groups is 1. The summed E-state index contributed by atoms with van der Waals surface area (Å²) in [4.78, 5) is 13.7. The van der Waals surface area contributed by atoms with Crippen LogP contribution in [-0.2, 0) is 4.79 Å². The minimum Gasteiger partial charge on any atom is -0.480 e. The van der Waals surface area contributed by atoms with Gasteiger partial charge in [0.05, 0.1) is 0 Å². The number of carboxylic acid groups (broad SMARTS) is 1. The van der Waals surface area contributed by atoms with Crippen molar-refractivity contribution in [1.29, 1.82) is 0 Å². The highest BCUT2D eigenvalue weighted by molar-refractivity contribution is 7.81.